The number of carbonyl (C=O) groups excluding carboxylic acids is 1. The zero-order chi connectivity index (χ0) is 21.3. The third-order valence-corrected chi connectivity index (χ3v) is 6.98. The van der Waals surface area contributed by atoms with Crippen LogP contribution in [-0.2, 0) is 0 Å². The Morgan fingerprint density at radius 3 is 2.60 bits per heavy atom. The lowest BCUT2D eigenvalue weighted by atomic mass is 9.92. The van der Waals surface area contributed by atoms with E-state index in [0.717, 1.165) is 56.8 Å². The van der Waals surface area contributed by atoms with Crippen molar-refractivity contribution in [3.8, 4) is 5.69 Å². The Morgan fingerprint density at radius 1 is 1.20 bits per heavy atom. The summed E-state index contributed by atoms with van der Waals surface area (Å²) in [6.45, 7) is 12.9. The molecule has 3 aromatic rings. The molecule has 1 N–H and O–H groups in total. The van der Waals surface area contributed by atoms with E-state index in [9.17, 15) is 4.79 Å². The Balaban J connectivity index is 1.48. The van der Waals surface area contributed by atoms with E-state index in [-0.39, 0.29) is 5.91 Å². The van der Waals surface area contributed by atoms with Gasteiger partial charge in [0.05, 0.1) is 5.69 Å². The minimum Gasteiger partial charge on any atom is -0.351 e. The van der Waals surface area contributed by atoms with Crippen LogP contribution in [0.3, 0.4) is 0 Å². The van der Waals surface area contributed by atoms with Crippen molar-refractivity contribution in [2.45, 2.75) is 40.5 Å². The molecule has 0 aromatic carbocycles. The van der Waals surface area contributed by atoms with Crippen molar-refractivity contribution in [1.82, 2.24) is 19.8 Å². The van der Waals surface area contributed by atoms with E-state index in [2.05, 4.69) is 37.1 Å². The normalized spacial score (nSPS) is 20.0. The van der Waals surface area contributed by atoms with Crippen LogP contribution in [0.5, 0.6) is 0 Å². The first-order valence-corrected chi connectivity index (χ1v) is 11.8. The maximum absolute atomic E-state index is 13.1. The van der Waals surface area contributed by atoms with Gasteiger partial charge in [-0.25, -0.2) is 4.98 Å². The van der Waals surface area contributed by atoms with E-state index >= 15 is 0 Å². The average Bonchev–Trinajstić information content (AvgIpc) is 3.31. The molecular weight excluding hydrogens is 392 g/mol. The van der Waals surface area contributed by atoms with Crippen LogP contribution in [0.15, 0.2) is 30.6 Å². The standard InChI is InChI=1S/C24H32N4OS/c1-16-12-17(2)15-27(14-16)9-7-8-25-23(29)22-21(28-10-5-6-11-28)20-18(3)13-19(4)26-24(20)30-22/h5-6,10-11,13,16-17H,7-9,12,14-15H2,1-4H3,(H,25,29). The fraction of sp³-hybridized carbons (Fsp3) is 0.500. The molecule has 0 bridgehead atoms. The quantitative estimate of drug-likeness (QED) is 0.578. The molecule has 0 spiro atoms. The van der Waals surface area contributed by atoms with E-state index in [1.807, 2.05) is 36.0 Å². The Hall–Kier alpha value is -2.18. The summed E-state index contributed by atoms with van der Waals surface area (Å²) in [5, 5.41) is 4.23. The van der Waals surface area contributed by atoms with Crippen molar-refractivity contribution in [2.75, 3.05) is 26.2 Å². The molecule has 160 valence electrons. The van der Waals surface area contributed by atoms with Crippen LogP contribution in [0.25, 0.3) is 15.9 Å². The van der Waals surface area contributed by atoms with E-state index in [4.69, 9.17) is 4.98 Å². The third-order valence-electron chi connectivity index (χ3n) is 5.91. The lowest BCUT2D eigenvalue weighted by molar-refractivity contribution is 0.0951. The zero-order valence-electron chi connectivity index (χ0n) is 18.4. The monoisotopic (exact) mass is 424 g/mol. The zero-order valence-corrected chi connectivity index (χ0v) is 19.3. The minimum atomic E-state index is -0.000802. The summed E-state index contributed by atoms with van der Waals surface area (Å²) in [5.74, 6) is 1.54. The summed E-state index contributed by atoms with van der Waals surface area (Å²) in [5.41, 5.74) is 3.09. The molecule has 5 nitrogen and oxygen atoms in total. The second-order valence-corrected chi connectivity index (χ2v) is 9.94. The van der Waals surface area contributed by atoms with Gasteiger partial charge in [-0.3, -0.25) is 4.79 Å². The molecule has 0 radical (unpaired) electrons. The molecule has 2 atom stereocenters. The van der Waals surface area contributed by atoms with Gasteiger partial charge in [0.1, 0.15) is 9.71 Å². The molecule has 1 amide bonds. The number of aryl methyl sites for hydroxylation is 2. The fourth-order valence-electron chi connectivity index (χ4n) is 4.87. The van der Waals surface area contributed by atoms with Gasteiger partial charge in [0.25, 0.3) is 5.91 Å². The molecular formula is C24H32N4OS. The number of likely N-dealkylation sites (tertiary alicyclic amines) is 1. The van der Waals surface area contributed by atoms with Crippen LogP contribution in [0, 0.1) is 25.7 Å². The topological polar surface area (TPSA) is 50.2 Å². The number of nitrogens with one attached hydrogen (secondary N) is 1. The average molecular weight is 425 g/mol. The number of hydrogen-bond donors (Lipinski definition) is 1. The van der Waals surface area contributed by atoms with Crippen molar-refractivity contribution in [3.05, 3.63) is 46.7 Å². The number of nitrogens with zero attached hydrogens (tertiary/aromatic N) is 3. The first kappa shape index (κ1) is 21.1. The van der Waals surface area contributed by atoms with Gasteiger partial charge in [-0.05, 0) is 68.8 Å². The summed E-state index contributed by atoms with van der Waals surface area (Å²) in [7, 11) is 0. The maximum atomic E-state index is 13.1. The van der Waals surface area contributed by atoms with E-state index in [0.29, 0.717) is 6.54 Å². The van der Waals surface area contributed by atoms with Crippen molar-refractivity contribution in [1.29, 1.82) is 0 Å². The molecule has 1 saturated heterocycles. The summed E-state index contributed by atoms with van der Waals surface area (Å²) in [4.78, 5) is 22.0. The molecule has 0 aliphatic carbocycles. The highest BCUT2D eigenvalue weighted by Crippen LogP contribution is 2.35. The van der Waals surface area contributed by atoms with Crippen LogP contribution in [-0.4, -0.2) is 46.5 Å². The molecule has 1 aliphatic heterocycles. The van der Waals surface area contributed by atoms with Gasteiger partial charge in [-0.2, -0.15) is 0 Å². The van der Waals surface area contributed by atoms with Gasteiger partial charge in [0.2, 0.25) is 0 Å². The summed E-state index contributed by atoms with van der Waals surface area (Å²) >= 11 is 1.49. The number of thiophene rings is 1. The summed E-state index contributed by atoms with van der Waals surface area (Å²) < 4.78 is 2.04. The molecule has 1 fully saturated rings. The van der Waals surface area contributed by atoms with Crippen LogP contribution in [0.1, 0.15) is 47.6 Å². The van der Waals surface area contributed by atoms with Crippen molar-refractivity contribution < 1.29 is 4.79 Å². The number of piperidine rings is 1. The SMILES string of the molecule is Cc1cc(C)c2c(-n3cccc3)c(C(=O)NCCCN3CC(C)CC(C)C3)sc2n1. The van der Waals surface area contributed by atoms with E-state index in [1.165, 1.54) is 30.8 Å². The minimum absolute atomic E-state index is 0.000802. The third kappa shape index (κ3) is 4.44. The Labute approximate surface area is 183 Å². The number of aromatic nitrogens is 2. The molecule has 2 unspecified atom stereocenters. The van der Waals surface area contributed by atoms with Gasteiger partial charge in [-0.15, -0.1) is 11.3 Å². The van der Waals surface area contributed by atoms with Gasteiger partial charge >= 0.3 is 0 Å². The number of hydrogen-bond acceptors (Lipinski definition) is 4. The fourth-order valence-corrected chi connectivity index (χ4v) is 6.08. The first-order valence-electron chi connectivity index (χ1n) is 11.0. The van der Waals surface area contributed by atoms with Crippen molar-refractivity contribution >= 4 is 27.5 Å². The molecule has 6 heteroatoms. The second-order valence-electron chi connectivity index (χ2n) is 8.95. The number of amides is 1. The predicted molar refractivity (Wildman–Crippen MR) is 125 cm³/mol. The van der Waals surface area contributed by atoms with Gasteiger partial charge in [-0.1, -0.05) is 13.8 Å². The van der Waals surface area contributed by atoms with Crippen molar-refractivity contribution in [2.24, 2.45) is 11.8 Å². The van der Waals surface area contributed by atoms with Gasteiger partial charge in [0.15, 0.2) is 0 Å². The molecule has 30 heavy (non-hydrogen) atoms. The Morgan fingerprint density at radius 2 is 1.90 bits per heavy atom. The largest absolute Gasteiger partial charge is 0.351 e. The molecule has 3 aromatic heterocycles. The highest BCUT2D eigenvalue weighted by molar-refractivity contribution is 7.21. The molecule has 0 saturated carbocycles. The van der Waals surface area contributed by atoms with Crippen LogP contribution < -0.4 is 5.32 Å². The maximum Gasteiger partial charge on any atom is 0.263 e. The lowest BCUT2D eigenvalue weighted by Crippen LogP contribution is -2.40. The summed E-state index contributed by atoms with van der Waals surface area (Å²) in [6, 6.07) is 6.07. The smallest absolute Gasteiger partial charge is 0.263 e. The number of rotatable bonds is 6. The van der Waals surface area contributed by atoms with Gasteiger partial charge in [0, 0.05) is 43.1 Å². The summed E-state index contributed by atoms with van der Waals surface area (Å²) in [6.07, 6.45) is 6.30. The van der Waals surface area contributed by atoms with E-state index in [1.54, 1.807) is 0 Å². The molecule has 4 rings (SSSR count). The van der Waals surface area contributed by atoms with E-state index < -0.39 is 0 Å². The number of fused-ring (bicyclic) bond motifs is 1. The predicted octanol–water partition coefficient (Wildman–Crippen LogP) is 4.80. The highest BCUT2D eigenvalue weighted by Gasteiger charge is 2.23. The van der Waals surface area contributed by atoms with Crippen LogP contribution >= 0.6 is 11.3 Å². The Bertz CT molecular complexity index is 1010. The molecule has 4 heterocycles. The first-order chi connectivity index (χ1) is 14.4. The second kappa shape index (κ2) is 8.90. The Kier molecular flexibility index (Phi) is 6.25. The number of pyridine rings is 1. The lowest BCUT2D eigenvalue weighted by Gasteiger charge is -2.34. The van der Waals surface area contributed by atoms with Crippen molar-refractivity contribution in [3.63, 3.8) is 0 Å². The van der Waals surface area contributed by atoms with Crippen LogP contribution in [0.2, 0.25) is 0 Å². The van der Waals surface area contributed by atoms with Crippen LogP contribution in [0.4, 0.5) is 0 Å². The highest BCUT2D eigenvalue weighted by atomic mass is 32.1. The van der Waals surface area contributed by atoms with Gasteiger partial charge < -0.3 is 14.8 Å². The number of carbonyl (C=O) groups is 1. The molecule has 1 aliphatic rings.